The lowest BCUT2D eigenvalue weighted by Crippen LogP contribution is -2.14. The fraction of sp³-hybridized carbons (Fsp3) is 0.125. The van der Waals surface area contributed by atoms with Crippen molar-refractivity contribution in [3.05, 3.63) is 84.1 Å². The van der Waals surface area contributed by atoms with E-state index in [2.05, 4.69) is 20.5 Å². The molecule has 5 aromatic rings. The molecule has 0 saturated heterocycles. The van der Waals surface area contributed by atoms with Gasteiger partial charge < -0.3 is 10.1 Å². The zero-order valence-electron chi connectivity index (χ0n) is 16.7. The molecule has 0 saturated carbocycles. The van der Waals surface area contributed by atoms with E-state index in [9.17, 15) is 4.79 Å². The molecule has 7 heteroatoms. The van der Waals surface area contributed by atoms with Crippen LogP contribution in [0.15, 0.2) is 72.8 Å². The maximum atomic E-state index is 12.5. The average molecular weight is 429 g/mol. The van der Waals surface area contributed by atoms with Gasteiger partial charge in [-0.3, -0.25) is 9.89 Å². The van der Waals surface area contributed by atoms with Gasteiger partial charge in [0, 0.05) is 18.2 Å². The summed E-state index contributed by atoms with van der Waals surface area (Å²) in [4.78, 5) is 17.0. The summed E-state index contributed by atoms with van der Waals surface area (Å²) < 4.78 is 6.88. The van der Waals surface area contributed by atoms with Gasteiger partial charge in [-0.2, -0.15) is 5.10 Å². The number of hydrogen-bond acceptors (Lipinski definition) is 5. The summed E-state index contributed by atoms with van der Waals surface area (Å²) in [5.41, 5.74) is 2.83. The third-order valence-electron chi connectivity index (χ3n) is 5.00. The van der Waals surface area contributed by atoms with Gasteiger partial charge in [0.15, 0.2) is 5.82 Å². The summed E-state index contributed by atoms with van der Waals surface area (Å²) in [6, 6.07) is 23.9. The first-order valence-electron chi connectivity index (χ1n) is 10.0. The molecule has 1 amide bonds. The molecule has 2 aromatic heterocycles. The number of carbonyl (C=O) groups excluding carboxylic acids is 1. The molecule has 0 spiro atoms. The highest BCUT2D eigenvalue weighted by molar-refractivity contribution is 7.20. The maximum absolute atomic E-state index is 12.5. The smallest absolute Gasteiger partial charge is 0.274 e. The van der Waals surface area contributed by atoms with Gasteiger partial charge >= 0.3 is 0 Å². The van der Waals surface area contributed by atoms with Crippen molar-refractivity contribution in [2.45, 2.75) is 12.8 Å². The van der Waals surface area contributed by atoms with Crippen molar-refractivity contribution in [2.24, 2.45) is 0 Å². The second kappa shape index (κ2) is 8.57. The van der Waals surface area contributed by atoms with Crippen LogP contribution in [0, 0.1) is 0 Å². The fourth-order valence-electron chi connectivity index (χ4n) is 3.52. The summed E-state index contributed by atoms with van der Waals surface area (Å²) in [6.45, 7) is 0.478. The zero-order chi connectivity index (χ0) is 21.0. The van der Waals surface area contributed by atoms with Gasteiger partial charge in [-0.1, -0.05) is 65.9 Å². The van der Waals surface area contributed by atoms with Gasteiger partial charge in [-0.05, 0) is 28.5 Å². The van der Waals surface area contributed by atoms with Crippen molar-refractivity contribution in [2.75, 3.05) is 11.9 Å². The summed E-state index contributed by atoms with van der Waals surface area (Å²) in [5.74, 6) is 0.417. The predicted molar refractivity (Wildman–Crippen MR) is 124 cm³/mol. The highest BCUT2D eigenvalue weighted by Crippen LogP contribution is 2.27. The molecule has 0 aliphatic heterocycles. The van der Waals surface area contributed by atoms with Crippen LogP contribution in [0.5, 0.6) is 5.19 Å². The lowest BCUT2D eigenvalue weighted by atomic mass is 10.0. The number of ether oxygens (including phenoxy) is 1. The molecule has 2 heterocycles. The Morgan fingerprint density at radius 1 is 1.03 bits per heavy atom. The number of para-hydroxylation sites is 1. The Hall–Kier alpha value is -3.71. The number of anilines is 1. The summed E-state index contributed by atoms with van der Waals surface area (Å²) in [7, 11) is 0. The topological polar surface area (TPSA) is 79.9 Å². The summed E-state index contributed by atoms with van der Waals surface area (Å²) in [5, 5.41) is 12.9. The van der Waals surface area contributed by atoms with Crippen molar-refractivity contribution in [1.82, 2.24) is 15.2 Å². The fourth-order valence-corrected chi connectivity index (χ4v) is 4.36. The molecule has 3 aromatic carbocycles. The number of thiazole rings is 1. The Labute approximate surface area is 182 Å². The van der Waals surface area contributed by atoms with E-state index >= 15 is 0 Å². The van der Waals surface area contributed by atoms with Crippen LogP contribution in [0.2, 0.25) is 0 Å². The lowest BCUT2D eigenvalue weighted by molar-refractivity contribution is -0.115. The first kappa shape index (κ1) is 19.3. The van der Waals surface area contributed by atoms with Crippen LogP contribution in [-0.4, -0.2) is 27.7 Å². The number of carbonyl (C=O) groups is 1. The lowest BCUT2D eigenvalue weighted by Gasteiger charge is -2.06. The van der Waals surface area contributed by atoms with E-state index in [4.69, 9.17) is 4.74 Å². The van der Waals surface area contributed by atoms with Crippen LogP contribution >= 0.6 is 11.3 Å². The first-order chi connectivity index (χ1) is 15.2. The largest absolute Gasteiger partial charge is 0.470 e. The molecule has 0 unspecified atom stereocenters. The van der Waals surface area contributed by atoms with Crippen molar-refractivity contribution < 1.29 is 9.53 Å². The molecule has 154 valence electrons. The standard InChI is InChI=1S/C24H20N4O2S/c29-23(14-17-8-5-7-16-6-1-2-9-19(16)17)26-22-15-18(27-28-22)12-13-30-24-25-20-10-3-4-11-21(20)31-24/h1-11,15H,12-14H2,(H2,26,27,28,29). The van der Waals surface area contributed by atoms with Crippen LogP contribution in [-0.2, 0) is 17.6 Å². The van der Waals surface area contributed by atoms with Crippen molar-refractivity contribution in [3.8, 4) is 5.19 Å². The third kappa shape index (κ3) is 4.41. The van der Waals surface area contributed by atoms with E-state index in [1.54, 1.807) is 0 Å². The van der Waals surface area contributed by atoms with Crippen LogP contribution in [0.4, 0.5) is 5.82 Å². The highest BCUT2D eigenvalue weighted by atomic mass is 32.1. The van der Waals surface area contributed by atoms with Crippen molar-refractivity contribution >= 4 is 44.1 Å². The second-order valence-corrected chi connectivity index (χ2v) is 8.18. The van der Waals surface area contributed by atoms with Gasteiger partial charge in [0.2, 0.25) is 5.91 Å². The molecule has 2 N–H and O–H groups in total. The van der Waals surface area contributed by atoms with Gasteiger partial charge in [-0.25, -0.2) is 4.98 Å². The predicted octanol–water partition coefficient (Wildman–Crippen LogP) is 4.98. The minimum atomic E-state index is -0.0971. The molecule has 6 nitrogen and oxygen atoms in total. The number of benzene rings is 3. The van der Waals surface area contributed by atoms with E-state index in [1.165, 1.54) is 11.3 Å². The maximum Gasteiger partial charge on any atom is 0.274 e. The van der Waals surface area contributed by atoms with Gasteiger partial charge in [0.1, 0.15) is 0 Å². The number of rotatable bonds is 7. The Bertz CT molecular complexity index is 1320. The normalized spacial score (nSPS) is 11.1. The van der Waals surface area contributed by atoms with Crippen LogP contribution < -0.4 is 10.1 Å². The van der Waals surface area contributed by atoms with Crippen LogP contribution in [0.1, 0.15) is 11.3 Å². The number of amides is 1. The van der Waals surface area contributed by atoms with E-state index in [0.29, 0.717) is 30.5 Å². The zero-order valence-corrected chi connectivity index (χ0v) is 17.5. The number of H-pyrrole nitrogens is 1. The number of aromatic amines is 1. The number of hydrogen-bond donors (Lipinski definition) is 2. The Kier molecular flexibility index (Phi) is 5.33. The molecule has 0 fully saturated rings. The van der Waals surface area contributed by atoms with E-state index in [1.807, 2.05) is 72.8 Å². The molecule has 0 atom stereocenters. The van der Waals surface area contributed by atoms with Crippen molar-refractivity contribution in [1.29, 1.82) is 0 Å². The molecular formula is C24H20N4O2S. The monoisotopic (exact) mass is 428 g/mol. The molecule has 5 rings (SSSR count). The van der Waals surface area contributed by atoms with E-state index in [-0.39, 0.29) is 5.91 Å². The Balaban J connectivity index is 1.16. The quantitative estimate of drug-likeness (QED) is 0.383. The van der Waals surface area contributed by atoms with Gasteiger partial charge in [0.05, 0.1) is 23.2 Å². The second-order valence-electron chi connectivity index (χ2n) is 7.19. The average Bonchev–Trinajstić information content (AvgIpc) is 3.40. The summed E-state index contributed by atoms with van der Waals surface area (Å²) in [6.07, 6.45) is 0.937. The van der Waals surface area contributed by atoms with E-state index < -0.39 is 0 Å². The van der Waals surface area contributed by atoms with E-state index in [0.717, 1.165) is 32.2 Å². The van der Waals surface area contributed by atoms with Crippen LogP contribution in [0.25, 0.3) is 21.0 Å². The van der Waals surface area contributed by atoms with Crippen LogP contribution in [0.3, 0.4) is 0 Å². The molecule has 0 aliphatic rings. The number of fused-ring (bicyclic) bond motifs is 2. The molecule has 0 bridgehead atoms. The number of aromatic nitrogens is 3. The molecular weight excluding hydrogens is 408 g/mol. The number of nitrogens with one attached hydrogen (secondary N) is 2. The van der Waals surface area contributed by atoms with Crippen molar-refractivity contribution in [3.63, 3.8) is 0 Å². The number of nitrogens with zero attached hydrogens (tertiary/aromatic N) is 2. The SMILES string of the molecule is O=C(Cc1cccc2ccccc12)Nc1cc(CCOc2nc3ccccc3s2)[nH]n1. The molecule has 0 aliphatic carbocycles. The van der Waals surface area contributed by atoms with Gasteiger partial charge in [-0.15, -0.1) is 0 Å². The summed E-state index contributed by atoms with van der Waals surface area (Å²) >= 11 is 1.53. The first-order valence-corrected chi connectivity index (χ1v) is 10.9. The third-order valence-corrected chi connectivity index (χ3v) is 5.95. The minimum absolute atomic E-state index is 0.0971. The van der Waals surface area contributed by atoms with Gasteiger partial charge in [0.25, 0.3) is 5.19 Å². The highest BCUT2D eigenvalue weighted by Gasteiger charge is 2.10. The Morgan fingerprint density at radius 2 is 1.87 bits per heavy atom. The molecule has 31 heavy (non-hydrogen) atoms. The molecule has 0 radical (unpaired) electrons. The minimum Gasteiger partial charge on any atom is -0.470 e. The Morgan fingerprint density at radius 3 is 2.81 bits per heavy atom.